The van der Waals surface area contributed by atoms with E-state index in [4.69, 9.17) is 4.74 Å². The van der Waals surface area contributed by atoms with Crippen molar-refractivity contribution < 1.29 is 18.7 Å². The summed E-state index contributed by atoms with van der Waals surface area (Å²) in [6.07, 6.45) is 4.81. The lowest BCUT2D eigenvalue weighted by molar-refractivity contribution is -0.128. The number of nitrogens with zero attached hydrogens (tertiary/aromatic N) is 2. The second-order valence-corrected chi connectivity index (χ2v) is 8.43. The minimum Gasteiger partial charge on any atom is -0.445 e. The van der Waals surface area contributed by atoms with Gasteiger partial charge in [-0.3, -0.25) is 9.80 Å². The van der Waals surface area contributed by atoms with Gasteiger partial charge in [-0.05, 0) is 68.5 Å². The van der Waals surface area contributed by atoms with E-state index in [0.29, 0.717) is 13.1 Å². The lowest BCUT2D eigenvalue weighted by Gasteiger charge is -2.45. The van der Waals surface area contributed by atoms with Crippen molar-refractivity contribution in [3.63, 3.8) is 0 Å². The van der Waals surface area contributed by atoms with Gasteiger partial charge >= 0.3 is 6.09 Å². The summed E-state index contributed by atoms with van der Waals surface area (Å²) in [7, 11) is 0. The Morgan fingerprint density at radius 2 is 2.07 bits per heavy atom. The molecule has 1 fully saturated rings. The summed E-state index contributed by atoms with van der Waals surface area (Å²) in [6.45, 7) is 6.30. The summed E-state index contributed by atoms with van der Waals surface area (Å²) in [5.74, 6) is -0.562. The molecule has 2 amide bonds. The third-order valence-corrected chi connectivity index (χ3v) is 6.55. The van der Waals surface area contributed by atoms with Crippen LogP contribution < -0.4 is 10.4 Å². The van der Waals surface area contributed by atoms with Crippen LogP contribution in [0.25, 0.3) is 0 Å². The van der Waals surface area contributed by atoms with Crippen LogP contribution >= 0.6 is 0 Å². The Balaban J connectivity index is 1.58. The molecule has 0 radical (unpaired) electrons. The number of hydrogen-bond donors (Lipinski definition) is 1. The number of ether oxygens (including phenoxy) is 1. The highest BCUT2D eigenvalue weighted by molar-refractivity contribution is 5.90. The van der Waals surface area contributed by atoms with Crippen molar-refractivity contribution in [3.8, 4) is 0 Å². The first kappa shape index (κ1) is 20.6. The van der Waals surface area contributed by atoms with Gasteiger partial charge in [-0.25, -0.2) is 19.5 Å². The number of nitrogens with one attached hydrogen (secondary N) is 1. The molecule has 0 saturated heterocycles. The molecule has 1 N–H and O–H groups in total. The average Bonchev–Trinajstić information content (AvgIpc) is 3.10. The number of rotatable bonds is 3. The molecule has 2 atom stereocenters. The molecular formula is C23H28FN3O3. The highest BCUT2D eigenvalue weighted by atomic mass is 19.1. The van der Waals surface area contributed by atoms with Crippen molar-refractivity contribution in [2.75, 3.05) is 18.1 Å². The van der Waals surface area contributed by atoms with Crippen LogP contribution in [0.2, 0.25) is 0 Å². The minimum atomic E-state index is -0.560. The van der Waals surface area contributed by atoms with E-state index in [-0.39, 0.29) is 23.2 Å². The van der Waals surface area contributed by atoms with Crippen LogP contribution in [-0.4, -0.2) is 36.1 Å². The number of carbonyl (C=O) groups is 2. The second-order valence-electron chi connectivity index (χ2n) is 8.43. The Morgan fingerprint density at radius 1 is 1.33 bits per heavy atom. The zero-order valence-electron chi connectivity index (χ0n) is 17.7. The predicted octanol–water partition coefficient (Wildman–Crippen LogP) is 4.30. The van der Waals surface area contributed by atoms with Gasteiger partial charge in [0.15, 0.2) is 0 Å². The molecule has 0 spiro atoms. The number of benzene rings is 1. The lowest BCUT2D eigenvalue weighted by atomic mass is 9.64. The summed E-state index contributed by atoms with van der Waals surface area (Å²) >= 11 is 0. The van der Waals surface area contributed by atoms with E-state index in [0.717, 1.165) is 42.0 Å². The Hall–Kier alpha value is -2.67. The summed E-state index contributed by atoms with van der Waals surface area (Å²) in [4.78, 5) is 25.5. The number of allylic oxidation sites excluding steroid dienone is 1. The van der Waals surface area contributed by atoms with Crippen molar-refractivity contribution in [2.45, 2.75) is 52.6 Å². The monoisotopic (exact) mass is 413 g/mol. The minimum absolute atomic E-state index is 0.259. The molecule has 1 saturated carbocycles. The molecule has 30 heavy (non-hydrogen) atoms. The Bertz CT molecular complexity index is 924. The first-order valence-corrected chi connectivity index (χ1v) is 10.5. The highest BCUT2D eigenvalue weighted by Gasteiger charge is 2.47. The summed E-state index contributed by atoms with van der Waals surface area (Å²) in [6, 6.07) is 6.44. The maximum Gasteiger partial charge on any atom is 0.416 e. The Kier molecular flexibility index (Phi) is 5.40. The van der Waals surface area contributed by atoms with Gasteiger partial charge in [-0.1, -0.05) is 12.5 Å². The van der Waals surface area contributed by atoms with E-state index < -0.39 is 6.09 Å². The van der Waals surface area contributed by atoms with Crippen LogP contribution in [0, 0.1) is 11.2 Å². The van der Waals surface area contributed by atoms with E-state index in [1.54, 1.807) is 19.1 Å². The van der Waals surface area contributed by atoms with Gasteiger partial charge in [0.1, 0.15) is 11.9 Å². The molecule has 1 aromatic rings. The molecule has 4 rings (SSSR count). The number of hydrazine groups is 1. The number of halogens is 1. The van der Waals surface area contributed by atoms with E-state index >= 15 is 0 Å². The van der Waals surface area contributed by atoms with Crippen molar-refractivity contribution in [3.05, 3.63) is 53.0 Å². The average molecular weight is 413 g/mol. The number of amides is 2. The molecule has 6 nitrogen and oxygen atoms in total. The Morgan fingerprint density at radius 3 is 2.73 bits per heavy atom. The topological polar surface area (TPSA) is 61.9 Å². The third-order valence-electron chi connectivity index (χ3n) is 6.55. The summed E-state index contributed by atoms with van der Waals surface area (Å²) < 4.78 is 19.2. The van der Waals surface area contributed by atoms with Crippen LogP contribution in [0.15, 0.2) is 47.2 Å². The SMILES string of the molecule is CCN(C(C)=O)C(=O)OC1CCCC2=CC3=C(CNN3c3ccc(F)cc3)C[C@@]21C. The fourth-order valence-electron chi connectivity index (χ4n) is 4.86. The molecule has 7 heteroatoms. The first-order valence-electron chi connectivity index (χ1n) is 10.5. The van der Waals surface area contributed by atoms with E-state index in [9.17, 15) is 14.0 Å². The van der Waals surface area contributed by atoms with E-state index in [1.807, 2.05) is 5.01 Å². The van der Waals surface area contributed by atoms with Gasteiger partial charge in [0, 0.05) is 25.4 Å². The lowest BCUT2D eigenvalue weighted by Crippen LogP contribution is -2.46. The molecule has 0 bridgehead atoms. The van der Waals surface area contributed by atoms with Crippen molar-refractivity contribution in [1.82, 2.24) is 10.3 Å². The van der Waals surface area contributed by atoms with E-state index in [1.165, 1.54) is 30.2 Å². The second kappa shape index (κ2) is 7.87. The largest absolute Gasteiger partial charge is 0.445 e. The molecule has 1 unspecified atom stereocenters. The first-order chi connectivity index (χ1) is 14.3. The fraction of sp³-hybridized carbons (Fsp3) is 0.478. The maximum absolute atomic E-state index is 13.3. The number of carbonyl (C=O) groups excluding carboxylic acids is 2. The zero-order chi connectivity index (χ0) is 21.5. The highest BCUT2D eigenvalue weighted by Crippen LogP contribution is 2.51. The zero-order valence-corrected chi connectivity index (χ0v) is 17.7. The molecule has 160 valence electrons. The van der Waals surface area contributed by atoms with Gasteiger partial charge in [0.2, 0.25) is 5.91 Å². The maximum atomic E-state index is 13.3. The van der Waals surface area contributed by atoms with Crippen LogP contribution in [0.3, 0.4) is 0 Å². The van der Waals surface area contributed by atoms with Gasteiger partial charge in [-0.2, -0.15) is 0 Å². The quantitative estimate of drug-likeness (QED) is 0.801. The van der Waals surface area contributed by atoms with Crippen LogP contribution in [0.4, 0.5) is 14.9 Å². The van der Waals surface area contributed by atoms with Crippen molar-refractivity contribution in [2.24, 2.45) is 5.41 Å². The van der Waals surface area contributed by atoms with Crippen LogP contribution in [-0.2, 0) is 9.53 Å². The molecule has 3 aliphatic rings. The third kappa shape index (κ3) is 3.51. The Labute approximate surface area is 176 Å². The smallest absolute Gasteiger partial charge is 0.416 e. The number of hydrogen-bond acceptors (Lipinski definition) is 5. The molecule has 0 aromatic heterocycles. The fourth-order valence-corrected chi connectivity index (χ4v) is 4.86. The molecular weight excluding hydrogens is 385 g/mol. The normalized spacial score (nSPS) is 25.4. The van der Waals surface area contributed by atoms with E-state index in [2.05, 4.69) is 18.4 Å². The van der Waals surface area contributed by atoms with Crippen molar-refractivity contribution in [1.29, 1.82) is 0 Å². The van der Waals surface area contributed by atoms with Crippen molar-refractivity contribution >= 4 is 17.7 Å². The standard InChI is InChI=1S/C23H28FN3O3/c1-4-26(15(2)28)22(29)30-21-7-5-6-17-12-20-16(13-23(17,21)3)14-25-27(20)19-10-8-18(24)9-11-19/h8-12,21,25H,4-7,13-14H2,1-3H3/t21?,23-/m0/s1. The van der Waals surface area contributed by atoms with Gasteiger partial charge in [0.25, 0.3) is 0 Å². The van der Waals surface area contributed by atoms with Crippen LogP contribution in [0.1, 0.15) is 46.5 Å². The summed E-state index contributed by atoms with van der Waals surface area (Å²) in [5.41, 5.74) is 7.59. The van der Waals surface area contributed by atoms with Gasteiger partial charge in [0.05, 0.1) is 11.4 Å². The number of imide groups is 1. The van der Waals surface area contributed by atoms with Crippen LogP contribution in [0.5, 0.6) is 0 Å². The van der Waals surface area contributed by atoms with Gasteiger partial charge in [-0.15, -0.1) is 0 Å². The molecule has 1 aliphatic heterocycles. The van der Waals surface area contributed by atoms with Gasteiger partial charge < -0.3 is 4.74 Å². The molecule has 1 aromatic carbocycles. The summed E-state index contributed by atoms with van der Waals surface area (Å²) in [5, 5.41) is 2.01. The molecule has 2 aliphatic carbocycles. The number of anilines is 1. The predicted molar refractivity (Wildman–Crippen MR) is 112 cm³/mol. The molecule has 1 heterocycles. The number of fused-ring (bicyclic) bond motifs is 1.